The Morgan fingerprint density at radius 2 is 1.76 bits per heavy atom. The largest absolute Gasteiger partial charge is 0.383 e. The lowest BCUT2D eigenvalue weighted by molar-refractivity contribution is -0.188. The summed E-state index contributed by atoms with van der Waals surface area (Å²) in [7, 11) is 1.58. The van der Waals surface area contributed by atoms with Crippen LogP contribution in [-0.4, -0.2) is 74.0 Å². The fourth-order valence-electron chi connectivity index (χ4n) is 5.37. The molecule has 1 spiro atoms. The summed E-state index contributed by atoms with van der Waals surface area (Å²) in [4.78, 5) is 31.2. The highest BCUT2D eigenvalue weighted by Crippen LogP contribution is 2.44. The van der Waals surface area contributed by atoms with Crippen molar-refractivity contribution in [2.75, 3.05) is 46.6 Å². The van der Waals surface area contributed by atoms with E-state index < -0.39 is 17.7 Å². The van der Waals surface area contributed by atoms with Gasteiger partial charge >= 0.3 is 0 Å². The lowest BCUT2D eigenvalue weighted by Crippen LogP contribution is -2.52. The molecule has 0 aromatic heterocycles. The second-order valence-corrected chi connectivity index (χ2v) is 8.99. The van der Waals surface area contributed by atoms with E-state index in [1.54, 1.807) is 30.2 Å². The Morgan fingerprint density at radius 1 is 1.09 bits per heavy atom. The van der Waals surface area contributed by atoms with Crippen molar-refractivity contribution >= 4 is 11.8 Å². The number of ether oxygens (including phenoxy) is 3. The number of methoxy groups -OCH3 is 1. The summed E-state index contributed by atoms with van der Waals surface area (Å²) in [6, 6.07) is 12.8. The number of nitrogens with zero attached hydrogens (tertiary/aromatic N) is 2. The van der Waals surface area contributed by atoms with Crippen LogP contribution < -0.4 is 0 Å². The van der Waals surface area contributed by atoms with Crippen LogP contribution in [-0.2, 0) is 19.0 Å². The topological polar surface area (TPSA) is 68.3 Å². The van der Waals surface area contributed by atoms with E-state index in [0.29, 0.717) is 63.4 Å². The van der Waals surface area contributed by atoms with Crippen LogP contribution in [0.25, 0.3) is 0 Å². The van der Waals surface area contributed by atoms with Gasteiger partial charge in [0.15, 0.2) is 5.79 Å². The number of benzene rings is 2. The molecule has 3 aliphatic rings. The third-order valence-electron chi connectivity index (χ3n) is 7.10. The first-order chi connectivity index (χ1) is 16.5. The first-order valence-electron chi connectivity index (χ1n) is 11.7. The Morgan fingerprint density at radius 3 is 2.44 bits per heavy atom. The predicted molar refractivity (Wildman–Crippen MR) is 122 cm³/mol. The molecule has 3 heterocycles. The van der Waals surface area contributed by atoms with Gasteiger partial charge in [-0.05, 0) is 29.3 Å². The first-order valence-corrected chi connectivity index (χ1v) is 11.7. The van der Waals surface area contributed by atoms with Crippen molar-refractivity contribution in [2.45, 2.75) is 30.6 Å². The Balaban J connectivity index is 1.53. The fourth-order valence-corrected chi connectivity index (χ4v) is 5.37. The van der Waals surface area contributed by atoms with Crippen molar-refractivity contribution in [1.82, 2.24) is 9.80 Å². The first kappa shape index (κ1) is 23.0. The van der Waals surface area contributed by atoms with Gasteiger partial charge in [0.25, 0.3) is 5.91 Å². The molecule has 2 amide bonds. The molecule has 2 aromatic carbocycles. The Kier molecular flexibility index (Phi) is 6.38. The number of carbonyl (C=O) groups excluding carboxylic acids is 2. The number of piperidine rings is 1. The van der Waals surface area contributed by atoms with Crippen LogP contribution in [0.5, 0.6) is 0 Å². The summed E-state index contributed by atoms with van der Waals surface area (Å²) in [6.07, 6.45) is 1.22. The lowest BCUT2D eigenvalue weighted by atomic mass is 9.78. The molecule has 0 radical (unpaired) electrons. The monoisotopic (exact) mass is 468 g/mol. The summed E-state index contributed by atoms with van der Waals surface area (Å²) < 4.78 is 30.7. The molecule has 0 N–H and O–H groups in total. The molecular weight excluding hydrogens is 439 g/mol. The normalized spacial score (nSPS) is 23.9. The van der Waals surface area contributed by atoms with Gasteiger partial charge in [0.1, 0.15) is 5.82 Å². The Bertz CT molecular complexity index is 1040. The second kappa shape index (κ2) is 9.44. The van der Waals surface area contributed by atoms with Crippen LogP contribution in [0.1, 0.15) is 46.3 Å². The number of hydrogen-bond donors (Lipinski definition) is 0. The van der Waals surface area contributed by atoms with Gasteiger partial charge in [-0.2, -0.15) is 0 Å². The zero-order valence-electron chi connectivity index (χ0n) is 19.2. The van der Waals surface area contributed by atoms with Crippen molar-refractivity contribution < 1.29 is 28.2 Å². The SMILES string of the molecule is COCCN1C(=O)c2ccccc2C(C(=O)N2CCC3(CC2)OCCO3)C1c1ccc(F)cc1. The number of rotatable bonds is 5. The highest BCUT2D eigenvalue weighted by atomic mass is 19.1. The maximum absolute atomic E-state index is 14.1. The van der Waals surface area contributed by atoms with Crippen LogP contribution in [0.3, 0.4) is 0 Å². The smallest absolute Gasteiger partial charge is 0.254 e. The third kappa shape index (κ3) is 4.10. The number of fused-ring (bicyclic) bond motifs is 1. The van der Waals surface area contributed by atoms with Crippen molar-refractivity contribution in [1.29, 1.82) is 0 Å². The minimum absolute atomic E-state index is 0.0514. The Hall–Kier alpha value is -2.81. The third-order valence-corrected chi connectivity index (χ3v) is 7.10. The predicted octanol–water partition coefficient (Wildman–Crippen LogP) is 3.12. The molecule has 34 heavy (non-hydrogen) atoms. The van der Waals surface area contributed by atoms with E-state index >= 15 is 0 Å². The standard InChI is InChI=1S/C26H29FN2O5/c1-32-15-14-29-23(18-6-8-19(27)9-7-18)22(20-4-2-3-5-21(20)24(29)30)25(31)28-12-10-26(11-13-28)33-16-17-34-26/h2-9,22-23H,10-17H2,1H3. The highest BCUT2D eigenvalue weighted by Gasteiger charge is 2.47. The minimum atomic E-state index is -0.615. The van der Waals surface area contributed by atoms with Crippen molar-refractivity contribution in [3.05, 3.63) is 71.0 Å². The molecule has 0 bridgehead atoms. The van der Waals surface area contributed by atoms with Crippen LogP contribution in [0.4, 0.5) is 4.39 Å². The zero-order chi connectivity index (χ0) is 23.7. The van der Waals surface area contributed by atoms with E-state index in [1.165, 1.54) is 12.1 Å². The van der Waals surface area contributed by atoms with Crippen LogP contribution >= 0.6 is 0 Å². The van der Waals surface area contributed by atoms with E-state index in [1.807, 2.05) is 23.1 Å². The van der Waals surface area contributed by atoms with E-state index in [2.05, 4.69) is 0 Å². The summed E-state index contributed by atoms with van der Waals surface area (Å²) >= 11 is 0. The average molecular weight is 469 g/mol. The van der Waals surface area contributed by atoms with Crippen LogP contribution in [0.15, 0.2) is 48.5 Å². The van der Waals surface area contributed by atoms with Gasteiger partial charge in [0.2, 0.25) is 5.91 Å². The van der Waals surface area contributed by atoms with Gasteiger partial charge in [-0.15, -0.1) is 0 Å². The quantitative estimate of drug-likeness (QED) is 0.675. The fraction of sp³-hybridized carbons (Fsp3) is 0.462. The Labute approximate surface area is 198 Å². The van der Waals surface area contributed by atoms with Gasteiger partial charge in [-0.1, -0.05) is 30.3 Å². The molecule has 2 atom stereocenters. The minimum Gasteiger partial charge on any atom is -0.383 e. The summed E-state index contributed by atoms with van der Waals surface area (Å²) in [5.74, 6) is -1.77. The maximum Gasteiger partial charge on any atom is 0.254 e. The number of carbonyl (C=O) groups is 2. The number of amides is 2. The van der Waals surface area contributed by atoms with Crippen molar-refractivity contribution in [2.24, 2.45) is 0 Å². The lowest BCUT2D eigenvalue weighted by Gasteiger charge is -2.45. The van der Waals surface area contributed by atoms with Gasteiger partial charge in [-0.25, -0.2) is 4.39 Å². The van der Waals surface area contributed by atoms with E-state index in [0.717, 1.165) is 5.56 Å². The number of likely N-dealkylation sites (tertiary alicyclic amines) is 1. The van der Waals surface area contributed by atoms with Crippen LogP contribution in [0.2, 0.25) is 0 Å². The molecular formula is C26H29FN2O5. The summed E-state index contributed by atoms with van der Waals surface area (Å²) in [5, 5.41) is 0. The zero-order valence-corrected chi connectivity index (χ0v) is 19.2. The van der Waals surface area contributed by atoms with Gasteiger partial charge < -0.3 is 24.0 Å². The molecule has 0 saturated carbocycles. The van der Waals surface area contributed by atoms with Crippen molar-refractivity contribution in [3.63, 3.8) is 0 Å². The average Bonchev–Trinajstić information content (AvgIpc) is 3.32. The van der Waals surface area contributed by atoms with E-state index in [4.69, 9.17) is 14.2 Å². The molecule has 2 unspecified atom stereocenters. The molecule has 2 saturated heterocycles. The molecule has 2 fully saturated rings. The molecule has 0 aliphatic carbocycles. The van der Waals surface area contributed by atoms with Crippen LogP contribution in [0, 0.1) is 5.82 Å². The maximum atomic E-state index is 14.1. The van der Waals surface area contributed by atoms with Gasteiger partial charge in [0.05, 0.1) is 31.8 Å². The van der Waals surface area contributed by atoms with Gasteiger partial charge in [-0.3, -0.25) is 9.59 Å². The van der Waals surface area contributed by atoms with E-state index in [9.17, 15) is 14.0 Å². The molecule has 3 aliphatic heterocycles. The number of hydrogen-bond acceptors (Lipinski definition) is 5. The molecule has 5 rings (SSSR count). The molecule has 180 valence electrons. The summed E-state index contributed by atoms with van der Waals surface area (Å²) in [5.41, 5.74) is 1.94. The highest BCUT2D eigenvalue weighted by molar-refractivity contribution is 6.01. The van der Waals surface area contributed by atoms with Gasteiger partial charge in [0, 0.05) is 45.1 Å². The molecule has 7 nitrogen and oxygen atoms in total. The second-order valence-electron chi connectivity index (χ2n) is 8.99. The van der Waals surface area contributed by atoms with E-state index in [-0.39, 0.29) is 17.6 Å². The summed E-state index contributed by atoms with van der Waals surface area (Å²) in [6.45, 7) is 2.83. The molecule has 8 heteroatoms. The molecule has 2 aromatic rings. The number of halogens is 1. The van der Waals surface area contributed by atoms with Crippen molar-refractivity contribution in [3.8, 4) is 0 Å².